The molecule has 6 nitrogen and oxygen atoms in total. The molecule has 0 saturated carbocycles. The number of cyclic esters (lactones) is 1. The topological polar surface area (TPSA) is 73.9 Å². The van der Waals surface area contributed by atoms with Crippen molar-refractivity contribution in [2.75, 3.05) is 7.11 Å². The van der Waals surface area contributed by atoms with Crippen molar-refractivity contribution in [2.24, 2.45) is 0 Å². The lowest BCUT2D eigenvalue weighted by Crippen LogP contribution is -2.27. The van der Waals surface area contributed by atoms with Crippen molar-refractivity contribution >= 4 is 11.9 Å². The highest BCUT2D eigenvalue weighted by Crippen LogP contribution is 2.28. The summed E-state index contributed by atoms with van der Waals surface area (Å²) in [4.78, 5) is 23.9. The summed E-state index contributed by atoms with van der Waals surface area (Å²) in [5.74, 6) is -3.51. The Kier molecular flexibility index (Phi) is 4.58. The summed E-state index contributed by atoms with van der Waals surface area (Å²) in [6, 6.07) is 4.65. The first-order valence-corrected chi connectivity index (χ1v) is 6.97. The van der Waals surface area contributed by atoms with Gasteiger partial charge in [-0.3, -0.25) is 4.79 Å². The third kappa shape index (κ3) is 3.80. The van der Waals surface area contributed by atoms with Crippen LogP contribution in [0.25, 0.3) is 0 Å². The fourth-order valence-electron chi connectivity index (χ4n) is 2.01. The first kappa shape index (κ1) is 16.8. The lowest BCUT2D eigenvalue weighted by molar-refractivity contribution is -0.159. The Morgan fingerprint density at radius 1 is 1.35 bits per heavy atom. The highest BCUT2D eigenvalue weighted by molar-refractivity contribution is 6.00. The molecule has 1 aliphatic heterocycles. The highest BCUT2D eigenvalue weighted by Gasteiger charge is 2.41. The van der Waals surface area contributed by atoms with Crippen LogP contribution in [-0.2, 0) is 30.3 Å². The van der Waals surface area contributed by atoms with Crippen LogP contribution in [0.15, 0.2) is 29.7 Å². The van der Waals surface area contributed by atoms with Crippen molar-refractivity contribution in [3.05, 3.63) is 46.7 Å². The number of benzene rings is 1. The van der Waals surface area contributed by atoms with E-state index >= 15 is 0 Å². The largest absolute Gasteiger partial charge is 0.488 e. The Bertz CT molecular complexity index is 681. The second kappa shape index (κ2) is 6.28. The summed E-state index contributed by atoms with van der Waals surface area (Å²) in [5, 5.41) is 2.55. The monoisotopic (exact) mass is 323 g/mol. The lowest BCUT2D eigenvalue weighted by atomic mass is 10.1. The van der Waals surface area contributed by atoms with Crippen LogP contribution >= 0.6 is 0 Å². The van der Waals surface area contributed by atoms with Gasteiger partial charge in [-0.2, -0.15) is 0 Å². The molecule has 7 heteroatoms. The molecule has 0 bridgehead atoms. The number of hydrogen-bond acceptors (Lipinski definition) is 5. The Labute approximate surface area is 133 Å². The molecule has 0 radical (unpaired) electrons. The smallest absolute Gasteiger partial charge is 0.381 e. The maximum absolute atomic E-state index is 13.5. The average Bonchev–Trinajstić information content (AvgIpc) is 2.74. The minimum Gasteiger partial charge on any atom is -0.488 e. The zero-order valence-corrected chi connectivity index (χ0v) is 13.4. The Morgan fingerprint density at radius 3 is 2.57 bits per heavy atom. The van der Waals surface area contributed by atoms with Crippen LogP contribution < -0.4 is 5.32 Å². The van der Waals surface area contributed by atoms with Crippen molar-refractivity contribution in [1.29, 1.82) is 0 Å². The zero-order chi connectivity index (χ0) is 17.2. The number of methoxy groups -OCH3 is 1. The van der Waals surface area contributed by atoms with Crippen molar-refractivity contribution < 1.29 is 28.2 Å². The number of esters is 1. The van der Waals surface area contributed by atoms with Crippen molar-refractivity contribution in [1.82, 2.24) is 5.32 Å². The Hall–Kier alpha value is -2.57. The third-order valence-electron chi connectivity index (χ3n) is 3.18. The Morgan fingerprint density at radius 2 is 2.04 bits per heavy atom. The number of carbonyl (C=O) groups excluding carboxylic acids is 2. The molecular weight excluding hydrogens is 305 g/mol. The van der Waals surface area contributed by atoms with Gasteiger partial charge in [0.1, 0.15) is 5.82 Å². The van der Waals surface area contributed by atoms with Gasteiger partial charge in [0, 0.05) is 20.4 Å². The molecule has 1 aromatic carbocycles. The number of rotatable bonds is 4. The molecule has 1 aromatic rings. The van der Waals surface area contributed by atoms with E-state index in [1.54, 1.807) is 19.1 Å². The number of amides is 1. The van der Waals surface area contributed by atoms with Gasteiger partial charge >= 0.3 is 5.97 Å². The minimum absolute atomic E-state index is 0.0780. The maximum Gasteiger partial charge on any atom is 0.381 e. The number of aryl methyl sites for hydroxylation is 1. The zero-order valence-electron chi connectivity index (χ0n) is 13.4. The molecule has 0 aromatic heterocycles. The van der Waals surface area contributed by atoms with Crippen LogP contribution in [0.3, 0.4) is 0 Å². The van der Waals surface area contributed by atoms with Crippen LogP contribution in [0.2, 0.25) is 0 Å². The van der Waals surface area contributed by atoms with Gasteiger partial charge in [0.2, 0.25) is 11.5 Å². The molecule has 0 aliphatic carbocycles. The average molecular weight is 323 g/mol. The van der Waals surface area contributed by atoms with Gasteiger partial charge in [-0.15, -0.1) is 0 Å². The predicted octanol–water partition coefficient (Wildman–Crippen LogP) is 1.92. The van der Waals surface area contributed by atoms with Crippen molar-refractivity contribution in [2.45, 2.75) is 33.1 Å². The summed E-state index contributed by atoms with van der Waals surface area (Å²) in [7, 11) is 1.25. The van der Waals surface area contributed by atoms with E-state index in [0.717, 1.165) is 0 Å². The first-order chi connectivity index (χ1) is 10.7. The molecule has 23 heavy (non-hydrogen) atoms. The highest BCUT2D eigenvalue weighted by atomic mass is 19.1. The molecule has 1 saturated heterocycles. The van der Waals surface area contributed by atoms with E-state index in [9.17, 15) is 14.0 Å². The summed E-state index contributed by atoms with van der Waals surface area (Å²) in [6.07, 6.45) is 0. The van der Waals surface area contributed by atoms with Gasteiger partial charge < -0.3 is 19.5 Å². The SMILES string of the molecule is COC(C(=O)NCc1ccc(C)c(F)c1)=C1OC(C)(C)OC1=O. The maximum atomic E-state index is 13.5. The van der Waals surface area contributed by atoms with E-state index < -0.39 is 17.7 Å². The summed E-state index contributed by atoms with van der Waals surface area (Å²) in [5.41, 5.74) is 1.10. The third-order valence-corrected chi connectivity index (χ3v) is 3.18. The first-order valence-electron chi connectivity index (χ1n) is 6.97. The normalized spacial score (nSPS) is 18.0. The molecule has 1 fully saturated rings. The van der Waals surface area contributed by atoms with E-state index in [0.29, 0.717) is 11.1 Å². The summed E-state index contributed by atoms with van der Waals surface area (Å²) < 4.78 is 28.7. The molecule has 124 valence electrons. The number of nitrogens with one attached hydrogen (secondary N) is 1. The number of carbonyl (C=O) groups is 2. The van der Waals surface area contributed by atoms with Gasteiger partial charge in [0.05, 0.1) is 7.11 Å². The molecule has 1 aliphatic rings. The predicted molar refractivity (Wildman–Crippen MR) is 78.3 cm³/mol. The number of halogens is 1. The lowest BCUT2D eigenvalue weighted by Gasteiger charge is -2.15. The standard InChI is InChI=1S/C16H18FNO5/c1-9-5-6-10(7-11(9)17)8-18-14(19)12(21-4)13-15(20)23-16(2,3)22-13/h5-7H,8H2,1-4H3,(H,18,19). The second-order valence-corrected chi connectivity index (χ2v) is 5.52. The van der Waals surface area contributed by atoms with E-state index in [4.69, 9.17) is 14.2 Å². The van der Waals surface area contributed by atoms with Crippen LogP contribution in [0.5, 0.6) is 0 Å². The van der Waals surface area contributed by atoms with Crippen molar-refractivity contribution in [3.63, 3.8) is 0 Å². The van der Waals surface area contributed by atoms with Gasteiger partial charge in [0.15, 0.2) is 0 Å². The van der Waals surface area contributed by atoms with Gasteiger partial charge in [-0.05, 0) is 24.1 Å². The van der Waals surface area contributed by atoms with Crippen molar-refractivity contribution in [3.8, 4) is 0 Å². The molecule has 1 heterocycles. The summed E-state index contributed by atoms with van der Waals surface area (Å²) in [6.45, 7) is 4.81. The van der Waals surface area contributed by atoms with E-state index in [1.807, 2.05) is 0 Å². The van der Waals surface area contributed by atoms with Crippen LogP contribution in [0.4, 0.5) is 4.39 Å². The van der Waals surface area contributed by atoms with E-state index in [2.05, 4.69) is 5.32 Å². The van der Waals surface area contributed by atoms with E-state index in [-0.39, 0.29) is 23.9 Å². The van der Waals surface area contributed by atoms with Crippen LogP contribution in [-0.4, -0.2) is 24.8 Å². The molecule has 2 rings (SSSR count). The Balaban J connectivity index is 2.12. The van der Waals surface area contributed by atoms with Gasteiger partial charge in [-0.1, -0.05) is 12.1 Å². The fraction of sp³-hybridized carbons (Fsp3) is 0.375. The molecule has 0 spiro atoms. The molecular formula is C16H18FNO5. The molecule has 1 N–H and O–H groups in total. The number of ether oxygens (including phenoxy) is 3. The summed E-state index contributed by atoms with van der Waals surface area (Å²) >= 11 is 0. The second-order valence-electron chi connectivity index (χ2n) is 5.52. The van der Waals surface area contributed by atoms with Gasteiger partial charge in [0.25, 0.3) is 11.7 Å². The molecule has 0 atom stereocenters. The fourth-order valence-corrected chi connectivity index (χ4v) is 2.01. The van der Waals surface area contributed by atoms with Crippen LogP contribution in [0.1, 0.15) is 25.0 Å². The van der Waals surface area contributed by atoms with E-state index in [1.165, 1.54) is 27.0 Å². The van der Waals surface area contributed by atoms with Crippen LogP contribution in [0, 0.1) is 12.7 Å². The van der Waals surface area contributed by atoms with Gasteiger partial charge in [-0.25, -0.2) is 9.18 Å². The minimum atomic E-state index is -1.16. The number of hydrogen-bond donors (Lipinski definition) is 1. The quantitative estimate of drug-likeness (QED) is 0.520. The molecule has 0 unspecified atom stereocenters. The molecule has 1 amide bonds.